The van der Waals surface area contributed by atoms with Gasteiger partial charge < -0.3 is 24.2 Å². The number of hydrogen-bond donors (Lipinski definition) is 1. The summed E-state index contributed by atoms with van der Waals surface area (Å²) in [6.07, 6.45) is 2.42. The van der Waals surface area contributed by atoms with Crippen LogP contribution in [0.25, 0.3) is 0 Å². The van der Waals surface area contributed by atoms with Crippen LogP contribution in [0.4, 0.5) is 16.2 Å². The third-order valence-electron chi connectivity index (χ3n) is 13.1. The van der Waals surface area contributed by atoms with Crippen molar-refractivity contribution >= 4 is 35.3 Å². The average molecular weight is 865 g/mol. The number of nitro benzene ring substituents is 1. The first-order chi connectivity index (χ1) is 31.2. The maximum Gasteiger partial charge on any atom is 0.421 e. The number of carbonyl (C=O) groups excluding carboxylic acids is 4. The maximum atomic E-state index is 16.4. The fourth-order valence-corrected chi connectivity index (χ4v) is 10.4. The average Bonchev–Trinajstić information content (AvgIpc) is 3.77. The van der Waals surface area contributed by atoms with E-state index in [0.29, 0.717) is 41.1 Å². The molecule has 0 bridgehead atoms. The van der Waals surface area contributed by atoms with Crippen LogP contribution < -0.4 is 9.64 Å². The maximum absolute atomic E-state index is 16.4. The Labute approximate surface area is 370 Å². The summed E-state index contributed by atoms with van der Waals surface area (Å²) in [5.41, 5.74) is 0.822. The second-order valence-corrected chi connectivity index (χ2v) is 16.6. The van der Waals surface area contributed by atoms with Crippen LogP contribution in [0, 0.1) is 16.0 Å². The number of benzene rings is 5. The number of rotatable bonds is 10. The van der Waals surface area contributed by atoms with Crippen LogP contribution in [0.5, 0.6) is 5.75 Å². The number of anilines is 1. The Hall–Kier alpha value is -6.90. The monoisotopic (exact) mass is 864 g/mol. The first kappa shape index (κ1) is 42.4. The molecule has 0 aromatic heterocycles. The van der Waals surface area contributed by atoms with Gasteiger partial charge in [-0.1, -0.05) is 116 Å². The first-order valence-electron chi connectivity index (χ1n) is 21.8. The molecule has 4 aliphatic rings. The van der Waals surface area contributed by atoms with Crippen molar-refractivity contribution in [2.75, 3.05) is 31.2 Å². The van der Waals surface area contributed by atoms with Crippen molar-refractivity contribution in [3.8, 4) is 5.75 Å². The van der Waals surface area contributed by atoms with E-state index in [1.54, 1.807) is 47.4 Å². The zero-order chi connectivity index (χ0) is 44.4. The highest BCUT2D eigenvalue weighted by Crippen LogP contribution is 2.66. The number of esters is 1. The number of imide groups is 1. The Morgan fingerprint density at radius 2 is 1.39 bits per heavy atom. The number of ether oxygens (including phenoxy) is 3. The highest BCUT2D eigenvalue weighted by Gasteiger charge is 2.76. The normalized spacial score (nSPS) is 24.3. The lowest BCUT2D eigenvalue weighted by Crippen LogP contribution is -2.56. The molecule has 4 heterocycles. The van der Waals surface area contributed by atoms with E-state index in [9.17, 15) is 20.0 Å². The van der Waals surface area contributed by atoms with Gasteiger partial charge in [0, 0.05) is 30.8 Å². The quantitative estimate of drug-likeness (QED) is 0.0828. The van der Waals surface area contributed by atoms with Crippen molar-refractivity contribution in [3.63, 3.8) is 0 Å². The fraction of sp³-hybridized carbons (Fsp3) is 0.320. The number of morpholine rings is 1. The van der Waals surface area contributed by atoms with E-state index in [0.717, 1.165) is 42.6 Å². The molecule has 0 saturated carbocycles. The van der Waals surface area contributed by atoms with Gasteiger partial charge >= 0.3 is 12.1 Å². The molecule has 9 rings (SSSR count). The Kier molecular flexibility index (Phi) is 12.0. The van der Waals surface area contributed by atoms with Crippen LogP contribution in [0.3, 0.4) is 0 Å². The molecular weight excluding hydrogens is 817 g/mol. The molecule has 1 spiro atoms. The van der Waals surface area contributed by atoms with Crippen molar-refractivity contribution < 1.29 is 43.4 Å². The third-order valence-corrected chi connectivity index (χ3v) is 13.1. The van der Waals surface area contributed by atoms with Gasteiger partial charge in [0.2, 0.25) is 11.8 Å². The van der Waals surface area contributed by atoms with Crippen LogP contribution in [-0.4, -0.2) is 76.1 Å². The predicted molar refractivity (Wildman–Crippen MR) is 234 cm³/mol. The lowest BCUT2D eigenvalue weighted by molar-refractivity contribution is -0.384. The number of amides is 3. The van der Waals surface area contributed by atoms with Crippen molar-refractivity contribution in [3.05, 3.63) is 171 Å². The molecule has 4 aliphatic heterocycles. The molecule has 14 nitrogen and oxygen atoms in total. The Balaban J connectivity index is 1.29. The SMILES string of the molecule is O=C1O[C@@H](c2ccccc2)[C@@H](c2ccccc2)N2[C@@H](c3ccccc3OCCO)[C@]3(C(=O)N(C(=O)OCc4ccc([N+](=O)[O-])cc4)c4ccccc43)[C@@H](C(=O)N3CCCCCCC3)[C@H]12. The van der Waals surface area contributed by atoms with Gasteiger partial charge in [-0.25, -0.2) is 9.69 Å². The summed E-state index contributed by atoms with van der Waals surface area (Å²) < 4.78 is 18.7. The number of non-ortho nitro benzene ring substituents is 1. The largest absolute Gasteiger partial charge is 0.491 e. The van der Waals surface area contributed by atoms with Crippen molar-refractivity contribution in [2.24, 2.45) is 5.92 Å². The molecule has 0 aliphatic carbocycles. The Morgan fingerprint density at radius 1 is 0.766 bits per heavy atom. The number of nitrogens with zero attached hydrogens (tertiary/aromatic N) is 4. The zero-order valence-corrected chi connectivity index (χ0v) is 35.1. The molecular formula is C50H48N4O10. The summed E-state index contributed by atoms with van der Waals surface area (Å²) in [5, 5.41) is 21.4. The van der Waals surface area contributed by atoms with Crippen LogP contribution >= 0.6 is 0 Å². The van der Waals surface area contributed by atoms with E-state index in [-0.39, 0.29) is 31.2 Å². The van der Waals surface area contributed by atoms with E-state index in [4.69, 9.17) is 14.2 Å². The van der Waals surface area contributed by atoms with Gasteiger partial charge in [-0.15, -0.1) is 0 Å². The van der Waals surface area contributed by atoms with E-state index < -0.39 is 64.4 Å². The number of para-hydroxylation sites is 2. The Bertz CT molecular complexity index is 2530. The number of likely N-dealkylation sites (tertiary alicyclic amines) is 1. The van der Waals surface area contributed by atoms with E-state index >= 15 is 14.4 Å². The molecule has 0 radical (unpaired) electrons. The fourth-order valence-electron chi connectivity index (χ4n) is 10.4. The van der Waals surface area contributed by atoms with Gasteiger partial charge in [-0.05, 0) is 59.4 Å². The minimum absolute atomic E-state index is 0.0846. The van der Waals surface area contributed by atoms with Crippen LogP contribution in [0.15, 0.2) is 133 Å². The number of aliphatic hydroxyl groups excluding tert-OH is 1. The van der Waals surface area contributed by atoms with Crippen LogP contribution in [-0.2, 0) is 35.9 Å². The van der Waals surface area contributed by atoms with Gasteiger partial charge in [0.1, 0.15) is 36.5 Å². The van der Waals surface area contributed by atoms with Crippen molar-refractivity contribution in [1.82, 2.24) is 9.80 Å². The molecule has 6 atom stereocenters. The minimum Gasteiger partial charge on any atom is -0.491 e. The Morgan fingerprint density at radius 3 is 2.08 bits per heavy atom. The summed E-state index contributed by atoms with van der Waals surface area (Å²) in [4.78, 5) is 77.8. The molecule has 64 heavy (non-hydrogen) atoms. The second kappa shape index (κ2) is 18.1. The molecule has 328 valence electrons. The second-order valence-electron chi connectivity index (χ2n) is 16.6. The number of carbonyl (C=O) groups is 4. The summed E-state index contributed by atoms with van der Waals surface area (Å²) in [7, 11) is 0. The highest BCUT2D eigenvalue weighted by molar-refractivity contribution is 6.23. The molecule has 14 heteroatoms. The third kappa shape index (κ3) is 7.35. The van der Waals surface area contributed by atoms with Gasteiger partial charge in [0.25, 0.3) is 5.69 Å². The number of aliphatic hydroxyl groups is 1. The summed E-state index contributed by atoms with van der Waals surface area (Å²) >= 11 is 0. The summed E-state index contributed by atoms with van der Waals surface area (Å²) in [6.45, 7) is 0.124. The van der Waals surface area contributed by atoms with Crippen molar-refractivity contribution in [2.45, 2.75) is 68.4 Å². The molecule has 3 fully saturated rings. The standard InChI is InChI=1S/C50H48N4O10/c55-30-31-62-40-23-13-10-20-37(40)45-50(38-21-11-12-22-39(38)52(48(50)58)49(59)63-32-33-24-26-36(27-25-33)54(60)61)41(46(56)51-28-14-2-1-3-15-29-51)43-47(57)64-44(35-18-8-5-9-19-35)42(53(43)45)34-16-6-4-7-17-34/h4-13,16-27,41-45,55H,1-3,14-15,28-32H2/t41-,42-,43-,44+,45+,50-/m1/s1. The van der Waals surface area contributed by atoms with Gasteiger partial charge in [-0.3, -0.25) is 29.4 Å². The van der Waals surface area contributed by atoms with Gasteiger partial charge in [-0.2, -0.15) is 0 Å². The lowest BCUT2D eigenvalue weighted by Gasteiger charge is -2.46. The zero-order valence-electron chi connectivity index (χ0n) is 35.1. The number of fused-ring (bicyclic) bond motifs is 3. The van der Waals surface area contributed by atoms with Crippen LogP contribution in [0.2, 0.25) is 0 Å². The minimum atomic E-state index is -1.97. The molecule has 3 amide bonds. The summed E-state index contributed by atoms with van der Waals surface area (Å²) in [6, 6.07) is 35.1. The first-order valence-corrected chi connectivity index (χ1v) is 21.8. The predicted octanol–water partition coefficient (Wildman–Crippen LogP) is 7.76. The molecule has 3 saturated heterocycles. The molecule has 5 aromatic carbocycles. The highest BCUT2D eigenvalue weighted by atomic mass is 16.6. The van der Waals surface area contributed by atoms with Crippen molar-refractivity contribution in [1.29, 1.82) is 0 Å². The smallest absolute Gasteiger partial charge is 0.421 e. The molecule has 1 N–H and O–H groups in total. The number of cyclic esters (lactones) is 1. The molecule has 5 aromatic rings. The summed E-state index contributed by atoms with van der Waals surface area (Å²) in [5.74, 6) is -2.95. The van der Waals surface area contributed by atoms with E-state index in [1.807, 2.05) is 71.6 Å². The van der Waals surface area contributed by atoms with Crippen LogP contribution in [0.1, 0.15) is 78.1 Å². The van der Waals surface area contributed by atoms with E-state index in [2.05, 4.69) is 0 Å². The van der Waals surface area contributed by atoms with Gasteiger partial charge in [0.15, 0.2) is 0 Å². The number of nitro groups is 1. The topological polar surface area (TPSA) is 169 Å². The molecule has 0 unspecified atom stereocenters. The van der Waals surface area contributed by atoms with E-state index in [1.165, 1.54) is 24.3 Å². The lowest BCUT2D eigenvalue weighted by atomic mass is 9.65. The van der Waals surface area contributed by atoms with Gasteiger partial charge in [0.05, 0.1) is 35.2 Å². The number of hydrogen-bond acceptors (Lipinski definition) is 11.